The third-order valence-corrected chi connectivity index (χ3v) is 2.72. The van der Waals surface area contributed by atoms with Crippen molar-refractivity contribution in [2.75, 3.05) is 13.1 Å². The molecule has 1 unspecified atom stereocenters. The Balaban J connectivity index is 2.17. The van der Waals surface area contributed by atoms with Gasteiger partial charge in [0.15, 0.2) is 0 Å². The summed E-state index contributed by atoms with van der Waals surface area (Å²) in [6, 6.07) is -0.667. The molecule has 1 fully saturated rings. The predicted molar refractivity (Wildman–Crippen MR) is 53.5 cm³/mol. The number of rotatable bonds is 5. The van der Waals surface area contributed by atoms with Crippen LogP contribution in [0.3, 0.4) is 0 Å². The highest BCUT2D eigenvalue weighted by Crippen LogP contribution is 2.28. The molecule has 0 radical (unpaired) electrons. The summed E-state index contributed by atoms with van der Waals surface area (Å²) < 4.78 is 0. The zero-order chi connectivity index (χ0) is 10.6. The smallest absolute Gasteiger partial charge is 0.235 e. The monoisotopic (exact) mass is 201 g/mol. The van der Waals surface area contributed by atoms with E-state index in [0.717, 1.165) is 25.7 Å². The Morgan fingerprint density at radius 3 is 2.57 bits per heavy atom. The Morgan fingerprint density at radius 2 is 2.07 bits per heavy atom. The van der Waals surface area contributed by atoms with E-state index in [1.54, 1.807) is 0 Å². The molecule has 1 saturated carbocycles. The van der Waals surface area contributed by atoms with Crippen LogP contribution < -0.4 is 16.8 Å². The molecule has 6 N–H and O–H groups in total. The van der Waals surface area contributed by atoms with Crippen LogP contribution in [-0.4, -0.2) is 35.7 Å². The van der Waals surface area contributed by atoms with E-state index in [4.69, 9.17) is 11.5 Å². The first-order valence-corrected chi connectivity index (χ1v) is 5.01. The lowest BCUT2D eigenvalue weighted by atomic mass is 10.0. The summed E-state index contributed by atoms with van der Waals surface area (Å²) >= 11 is 0. The summed E-state index contributed by atoms with van der Waals surface area (Å²) in [7, 11) is 0. The SMILES string of the molecule is NC(=O)C(N)CNCC1(O)CCCC1. The molecule has 0 heterocycles. The normalized spacial score (nSPS) is 22.1. The van der Waals surface area contributed by atoms with E-state index in [1.807, 2.05) is 0 Å². The first-order valence-electron chi connectivity index (χ1n) is 5.01. The van der Waals surface area contributed by atoms with Crippen LogP contribution in [0.25, 0.3) is 0 Å². The van der Waals surface area contributed by atoms with Crippen LogP contribution in [0.1, 0.15) is 25.7 Å². The van der Waals surface area contributed by atoms with Crippen molar-refractivity contribution in [1.29, 1.82) is 0 Å². The first kappa shape index (κ1) is 11.4. The fourth-order valence-electron chi connectivity index (χ4n) is 1.77. The first-order chi connectivity index (χ1) is 6.53. The van der Waals surface area contributed by atoms with Gasteiger partial charge < -0.3 is 21.9 Å². The van der Waals surface area contributed by atoms with E-state index in [9.17, 15) is 9.90 Å². The van der Waals surface area contributed by atoms with Gasteiger partial charge in [-0.15, -0.1) is 0 Å². The number of aliphatic hydroxyl groups is 1. The van der Waals surface area contributed by atoms with Gasteiger partial charge in [0.2, 0.25) is 5.91 Å². The number of carbonyl (C=O) groups excluding carboxylic acids is 1. The summed E-state index contributed by atoms with van der Waals surface area (Å²) in [6.07, 6.45) is 3.79. The maximum atomic E-state index is 10.6. The van der Waals surface area contributed by atoms with E-state index in [-0.39, 0.29) is 0 Å². The van der Waals surface area contributed by atoms with Gasteiger partial charge in [0.25, 0.3) is 0 Å². The molecule has 1 aliphatic carbocycles. The number of hydrogen-bond donors (Lipinski definition) is 4. The highest BCUT2D eigenvalue weighted by molar-refractivity contribution is 5.79. The Hall–Kier alpha value is -0.650. The van der Waals surface area contributed by atoms with Crippen molar-refractivity contribution in [3.8, 4) is 0 Å². The molecule has 0 aromatic carbocycles. The van der Waals surface area contributed by atoms with Crippen molar-refractivity contribution in [3.05, 3.63) is 0 Å². The van der Waals surface area contributed by atoms with E-state index >= 15 is 0 Å². The van der Waals surface area contributed by atoms with Crippen LogP contribution in [-0.2, 0) is 4.79 Å². The topological polar surface area (TPSA) is 101 Å². The predicted octanol–water partition coefficient (Wildman–Crippen LogP) is -1.31. The number of carbonyl (C=O) groups is 1. The third-order valence-electron chi connectivity index (χ3n) is 2.72. The molecule has 0 saturated heterocycles. The fraction of sp³-hybridized carbons (Fsp3) is 0.889. The van der Waals surface area contributed by atoms with Crippen LogP contribution in [0.2, 0.25) is 0 Å². The maximum absolute atomic E-state index is 10.6. The van der Waals surface area contributed by atoms with E-state index in [1.165, 1.54) is 0 Å². The van der Waals surface area contributed by atoms with Crippen molar-refractivity contribution in [2.45, 2.75) is 37.3 Å². The summed E-state index contributed by atoms with van der Waals surface area (Å²) in [5.41, 5.74) is 9.82. The second kappa shape index (κ2) is 4.72. The van der Waals surface area contributed by atoms with Crippen LogP contribution in [0.15, 0.2) is 0 Å². The average Bonchev–Trinajstić information content (AvgIpc) is 2.52. The molecule has 14 heavy (non-hydrogen) atoms. The molecule has 0 aromatic rings. The summed E-state index contributed by atoms with van der Waals surface area (Å²) in [4.78, 5) is 10.6. The molecule has 1 atom stereocenters. The summed E-state index contributed by atoms with van der Waals surface area (Å²) in [5, 5.41) is 12.9. The molecule has 1 amide bonds. The van der Waals surface area contributed by atoms with Gasteiger partial charge in [-0.3, -0.25) is 4.79 Å². The molecule has 0 aliphatic heterocycles. The van der Waals surface area contributed by atoms with Crippen LogP contribution in [0, 0.1) is 0 Å². The van der Waals surface area contributed by atoms with Crippen molar-refractivity contribution in [3.63, 3.8) is 0 Å². The number of amides is 1. The van der Waals surface area contributed by atoms with Gasteiger partial charge in [0.05, 0.1) is 11.6 Å². The lowest BCUT2D eigenvalue weighted by Gasteiger charge is -2.23. The molecular weight excluding hydrogens is 182 g/mol. The summed E-state index contributed by atoms with van der Waals surface area (Å²) in [5.74, 6) is -0.518. The van der Waals surface area contributed by atoms with Crippen molar-refractivity contribution in [2.24, 2.45) is 11.5 Å². The molecule has 0 spiro atoms. The lowest BCUT2D eigenvalue weighted by molar-refractivity contribution is -0.119. The highest BCUT2D eigenvalue weighted by atomic mass is 16.3. The Labute approximate surface area is 83.8 Å². The standard InChI is InChI=1S/C9H19N3O2/c10-7(8(11)13)5-12-6-9(14)3-1-2-4-9/h7,12,14H,1-6,10H2,(H2,11,13). The Morgan fingerprint density at radius 1 is 1.50 bits per heavy atom. The maximum Gasteiger partial charge on any atom is 0.235 e. The quantitative estimate of drug-likeness (QED) is 0.444. The van der Waals surface area contributed by atoms with Crippen LogP contribution in [0.4, 0.5) is 0 Å². The second-order valence-electron chi connectivity index (χ2n) is 4.07. The van der Waals surface area contributed by atoms with Crippen LogP contribution in [0.5, 0.6) is 0 Å². The Kier molecular flexibility index (Phi) is 3.86. The number of nitrogens with one attached hydrogen (secondary N) is 1. The molecule has 1 aliphatic rings. The zero-order valence-electron chi connectivity index (χ0n) is 8.33. The Bertz CT molecular complexity index is 202. The van der Waals surface area contributed by atoms with Gasteiger partial charge >= 0.3 is 0 Å². The average molecular weight is 201 g/mol. The van der Waals surface area contributed by atoms with E-state index in [0.29, 0.717) is 13.1 Å². The summed E-state index contributed by atoms with van der Waals surface area (Å²) in [6.45, 7) is 0.825. The third kappa shape index (κ3) is 3.25. The second-order valence-corrected chi connectivity index (χ2v) is 4.07. The molecule has 0 bridgehead atoms. The van der Waals surface area contributed by atoms with Crippen LogP contribution >= 0.6 is 0 Å². The van der Waals surface area contributed by atoms with Crippen molar-refractivity contribution in [1.82, 2.24) is 5.32 Å². The largest absolute Gasteiger partial charge is 0.389 e. The van der Waals surface area contributed by atoms with Crippen molar-refractivity contribution >= 4 is 5.91 Å². The van der Waals surface area contributed by atoms with Gasteiger partial charge in [-0.05, 0) is 12.8 Å². The van der Waals surface area contributed by atoms with Gasteiger partial charge in [-0.2, -0.15) is 0 Å². The van der Waals surface area contributed by atoms with E-state index in [2.05, 4.69) is 5.32 Å². The molecule has 0 aromatic heterocycles. The van der Waals surface area contributed by atoms with Crippen molar-refractivity contribution < 1.29 is 9.90 Å². The minimum atomic E-state index is -0.667. The minimum absolute atomic E-state index is 0.331. The molecule has 5 nitrogen and oxygen atoms in total. The number of hydrogen-bond acceptors (Lipinski definition) is 4. The highest BCUT2D eigenvalue weighted by Gasteiger charge is 2.30. The van der Waals surface area contributed by atoms with E-state index < -0.39 is 17.6 Å². The van der Waals surface area contributed by atoms with Gasteiger partial charge in [0.1, 0.15) is 0 Å². The molecule has 5 heteroatoms. The molecular formula is C9H19N3O2. The van der Waals surface area contributed by atoms with Gasteiger partial charge in [-0.1, -0.05) is 12.8 Å². The molecule has 1 rings (SSSR count). The minimum Gasteiger partial charge on any atom is -0.389 e. The number of primary amides is 1. The fourth-order valence-corrected chi connectivity index (χ4v) is 1.77. The number of nitrogens with two attached hydrogens (primary N) is 2. The lowest BCUT2D eigenvalue weighted by Crippen LogP contribution is -2.48. The molecule has 82 valence electrons. The zero-order valence-corrected chi connectivity index (χ0v) is 8.33. The van der Waals surface area contributed by atoms with Gasteiger partial charge in [0, 0.05) is 13.1 Å². The van der Waals surface area contributed by atoms with Gasteiger partial charge in [-0.25, -0.2) is 0 Å².